The number of carbonyl (C=O) groups excluding carboxylic acids is 1. The molecule has 1 aliphatic heterocycles. The van der Waals surface area contributed by atoms with Crippen LogP contribution in [-0.4, -0.2) is 50.1 Å². The van der Waals surface area contributed by atoms with Gasteiger partial charge in [0.15, 0.2) is 0 Å². The molecule has 22 heavy (non-hydrogen) atoms. The molecule has 1 aliphatic rings. The molecular formula is C14H19ClN6O. The van der Waals surface area contributed by atoms with Crippen molar-refractivity contribution in [2.75, 3.05) is 13.1 Å². The fraction of sp³-hybridized carbons (Fsp3) is 0.429. The van der Waals surface area contributed by atoms with Crippen molar-refractivity contribution in [3.63, 3.8) is 0 Å². The molecule has 1 amide bonds. The molecule has 2 heterocycles. The van der Waals surface area contributed by atoms with Crippen molar-refractivity contribution in [2.45, 2.75) is 19.4 Å². The fourth-order valence-corrected chi connectivity index (χ4v) is 2.82. The molecule has 0 bridgehead atoms. The van der Waals surface area contributed by atoms with Gasteiger partial charge in [0.25, 0.3) is 5.91 Å². The zero-order valence-electron chi connectivity index (χ0n) is 12.3. The summed E-state index contributed by atoms with van der Waals surface area (Å²) in [5.74, 6) is 0.431. The molecule has 0 aliphatic carbocycles. The van der Waals surface area contributed by atoms with E-state index in [0.29, 0.717) is 18.0 Å². The molecule has 0 radical (unpaired) electrons. The van der Waals surface area contributed by atoms with Crippen molar-refractivity contribution in [3.8, 4) is 5.69 Å². The molecule has 0 spiro atoms. The van der Waals surface area contributed by atoms with Crippen LogP contribution >= 0.6 is 12.4 Å². The van der Waals surface area contributed by atoms with Crippen LogP contribution in [0.4, 0.5) is 0 Å². The normalized spacial score (nSPS) is 20.7. The second kappa shape index (κ2) is 6.85. The number of carbonyl (C=O) groups is 1. The molecule has 1 fully saturated rings. The number of benzene rings is 1. The highest BCUT2D eigenvalue weighted by Gasteiger charge is 2.32. The summed E-state index contributed by atoms with van der Waals surface area (Å²) in [7, 11) is 0. The van der Waals surface area contributed by atoms with Crippen LogP contribution in [0.1, 0.15) is 23.7 Å². The van der Waals surface area contributed by atoms with E-state index < -0.39 is 0 Å². The van der Waals surface area contributed by atoms with E-state index in [1.807, 2.05) is 23.1 Å². The smallest absolute Gasteiger partial charge is 0.254 e. The Balaban J connectivity index is 0.00000176. The lowest BCUT2D eigenvalue weighted by Gasteiger charge is -2.21. The zero-order valence-corrected chi connectivity index (χ0v) is 13.1. The zero-order chi connectivity index (χ0) is 14.8. The second-order valence-corrected chi connectivity index (χ2v) is 5.45. The quantitative estimate of drug-likeness (QED) is 0.906. The number of nitrogens with two attached hydrogens (primary N) is 1. The van der Waals surface area contributed by atoms with Gasteiger partial charge in [0, 0.05) is 18.2 Å². The lowest BCUT2D eigenvalue weighted by molar-refractivity contribution is 0.0743. The van der Waals surface area contributed by atoms with Crippen LogP contribution < -0.4 is 5.73 Å². The van der Waals surface area contributed by atoms with Gasteiger partial charge in [-0.2, -0.15) is 0 Å². The number of tetrazole rings is 1. The molecule has 0 saturated carbocycles. The van der Waals surface area contributed by atoms with Gasteiger partial charge in [-0.1, -0.05) is 6.07 Å². The van der Waals surface area contributed by atoms with Crippen molar-refractivity contribution in [3.05, 3.63) is 36.2 Å². The monoisotopic (exact) mass is 322 g/mol. The molecule has 7 nitrogen and oxygen atoms in total. The first-order valence-corrected chi connectivity index (χ1v) is 7.03. The summed E-state index contributed by atoms with van der Waals surface area (Å²) in [6.07, 6.45) is 2.47. The van der Waals surface area contributed by atoms with Gasteiger partial charge in [0.05, 0.1) is 5.69 Å². The summed E-state index contributed by atoms with van der Waals surface area (Å²) >= 11 is 0. The van der Waals surface area contributed by atoms with Gasteiger partial charge in [0.1, 0.15) is 6.33 Å². The van der Waals surface area contributed by atoms with E-state index in [1.54, 1.807) is 6.07 Å². The molecule has 3 rings (SSSR count). The Morgan fingerprint density at radius 3 is 2.91 bits per heavy atom. The topological polar surface area (TPSA) is 89.9 Å². The minimum Gasteiger partial charge on any atom is -0.336 e. The van der Waals surface area contributed by atoms with Gasteiger partial charge in [-0.15, -0.1) is 17.5 Å². The average Bonchev–Trinajstić information content (AvgIpc) is 3.16. The third-order valence-corrected chi connectivity index (χ3v) is 3.96. The van der Waals surface area contributed by atoms with E-state index in [0.717, 1.165) is 18.7 Å². The van der Waals surface area contributed by atoms with Crippen molar-refractivity contribution in [1.82, 2.24) is 25.1 Å². The van der Waals surface area contributed by atoms with Gasteiger partial charge < -0.3 is 10.6 Å². The molecule has 2 aromatic rings. The van der Waals surface area contributed by atoms with Crippen LogP contribution in [0.3, 0.4) is 0 Å². The molecule has 2 N–H and O–H groups in total. The number of nitrogens with zero attached hydrogens (tertiary/aromatic N) is 5. The molecule has 2 atom stereocenters. The van der Waals surface area contributed by atoms with E-state index in [1.165, 1.54) is 11.0 Å². The molecule has 8 heteroatoms. The van der Waals surface area contributed by atoms with E-state index in [4.69, 9.17) is 5.73 Å². The van der Waals surface area contributed by atoms with Gasteiger partial charge in [-0.25, -0.2) is 4.68 Å². The maximum absolute atomic E-state index is 12.7. The van der Waals surface area contributed by atoms with Crippen molar-refractivity contribution >= 4 is 18.3 Å². The van der Waals surface area contributed by atoms with E-state index in [2.05, 4.69) is 22.4 Å². The summed E-state index contributed by atoms with van der Waals surface area (Å²) in [6.45, 7) is 3.42. The highest BCUT2D eigenvalue weighted by molar-refractivity contribution is 5.95. The number of amides is 1. The van der Waals surface area contributed by atoms with Crippen LogP contribution in [-0.2, 0) is 0 Å². The van der Waals surface area contributed by atoms with Gasteiger partial charge in [-0.05, 0) is 54.4 Å². The Bertz CT molecular complexity index is 632. The Labute approximate surface area is 134 Å². The Morgan fingerprint density at radius 1 is 1.45 bits per heavy atom. The lowest BCUT2D eigenvalue weighted by Crippen LogP contribution is -2.34. The maximum atomic E-state index is 12.7. The molecule has 118 valence electrons. The minimum atomic E-state index is 0. The predicted molar refractivity (Wildman–Crippen MR) is 84.1 cm³/mol. The molecule has 1 saturated heterocycles. The highest BCUT2D eigenvalue weighted by Crippen LogP contribution is 2.24. The number of hydrogen-bond acceptors (Lipinski definition) is 5. The summed E-state index contributed by atoms with van der Waals surface area (Å²) in [5, 5.41) is 11.1. The van der Waals surface area contributed by atoms with Crippen LogP contribution in [0, 0.1) is 5.92 Å². The van der Waals surface area contributed by atoms with Gasteiger partial charge >= 0.3 is 0 Å². The highest BCUT2D eigenvalue weighted by atomic mass is 35.5. The van der Waals surface area contributed by atoms with Gasteiger partial charge in [0.2, 0.25) is 0 Å². The predicted octanol–water partition coefficient (Wildman–Crippen LogP) is 0.893. The molecule has 2 unspecified atom stereocenters. The number of rotatable bonds is 3. The van der Waals surface area contributed by atoms with Crippen LogP contribution in [0.2, 0.25) is 0 Å². The Morgan fingerprint density at radius 2 is 2.27 bits per heavy atom. The fourth-order valence-electron chi connectivity index (χ4n) is 2.82. The number of likely N-dealkylation sites (tertiary alicyclic amines) is 1. The first-order valence-electron chi connectivity index (χ1n) is 7.03. The second-order valence-electron chi connectivity index (χ2n) is 5.45. The molecule has 1 aromatic heterocycles. The number of halogens is 1. The Kier molecular flexibility index (Phi) is 5.10. The Hall–Kier alpha value is -1.99. The molecule has 1 aromatic carbocycles. The van der Waals surface area contributed by atoms with E-state index in [-0.39, 0.29) is 24.4 Å². The lowest BCUT2D eigenvalue weighted by atomic mass is 10.1. The van der Waals surface area contributed by atoms with Crippen LogP contribution in [0.15, 0.2) is 30.6 Å². The number of aromatic nitrogens is 4. The SMILES string of the molecule is CC1CC(CN)CN1C(=O)c1cccc(-n2cnnn2)c1.Cl. The summed E-state index contributed by atoms with van der Waals surface area (Å²) in [6, 6.07) is 7.55. The first-order chi connectivity index (χ1) is 10.2. The average molecular weight is 323 g/mol. The minimum absolute atomic E-state index is 0. The van der Waals surface area contributed by atoms with Crippen LogP contribution in [0.25, 0.3) is 5.69 Å². The van der Waals surface area contributed by atoms with Gasteiger partial charge in [-0.3, -0.25) is 4.79 Å². The summed E-state index contributed by atoms with van der Waals surface area (Å²) < 4.78 is 1.53. The standard InChI is InChI=1S/C14H18N6O.ClH/c1-10-5-11(7-15)8-19(10)14(21)12-3-2-4-13(6-12)20-9-16-17-18-20;/h2-4,6,9-11H,5,7-8,15H2,1H3;1H. The molecular weight excluding hydrogens is 304 g/mol. The van der Waals surface area contributed by atoms with Crippen molar-refractivity contribution in [2.24, 2.45) is 11.7 Å². The van der Waals surface area contributed by atoms with Crippen molar-refractivity contribution < 1.29 is 4.79 Å². The van der Waals surface area contributed by atoms with E-state index >= 15 is 0 Å². The largest absolute Gasteiger partial charge is 0.336 e. The number of hydrogen-bond donors (Lipinski definition) is 1. The van der Waals surface area contributed by atoms with Crippen LogP contribution in [0.5, 0.6) is 0 Å². The third kappa shape index (κ3) is 3.10. The first kappa shape index (κ1) is 16.4. The van der Waals surface area contributed by atoms with Crippen molar-refractivity contribution in [1.29, 1.82) is 0 Å². The summed E-state index contributed by atoms with van der Waals surface area (Å²) in [4.78, 5) is 14.6. The van der Waals surface area contributed by atoms with E-state index in [9.17, 15) is 4.79 Å². The summed E-state index contributed by atoms with van der Waals surface area (Å²) in [5.41, 5.74) is 7.14. The third-order valence-electron chi connectivity index (χ3n) is 3.96. The maximum Gasteiger partial charge on any atom is 0.254 e.